The summed E-state index contributed by atoms with van der Waals surface area (Å²) in [4.78, 5) is 0. The van der Waals surface area contributed by atoms with E-state index in [0.717, 1.165) is 37.0 Å². The number of rotatable bonds is 8. The molecule has 0 heterocycles. The standard InChI is InChI=1S/C18H36O/c1-5-7-9-16(6-2)13-18(19)11-8-10-17(14-18)12-15(3)4/h15-17,19H,5-14H2,1-4H3. The van der Waals surface area contributed by atoms with Gasteiger partial charge in [0.05, 0.1) is 5.60 Å². The van der Waals surface area contributed by atoms with Gasteiger partial charge in [0.2, 0.25) is 0 Å². The molecule has 1 heteroatoms. The Hall–Kier alpha value is -0.0400. The van der Waals surface area contributed by atoms with Crippen LogP contribution >= 0.6 is 0 Å². The van der Waals surface area contributed by atoms with E-state index in [1.54, 1.807) is 0 Å². The maximum absolute atomic E-state index is 11.0. The Morgan fingerprint density at radius 1 is 1.26 bits per heavy atom. The predicted octanol–water partition coefficient (Wildman–Crippen LogP) is 5.56. The molecule has 1 nitrogen and oxygen atoms in total. The van der Waals surface area contributed by atoms with Crippen LogP contribution in [0.2, 0.25) is 0 Å². The highest BCUT2D eigenvalue weighted by Gasteiger charge is 2.35. The van der Waals surface area contributed by atoms with Crippen LogP contribution in [0.5, 0.6) is 0 Å². The Morgan fingerprint density at radius 2 is 2.00 bits per heavy atom. The van der Waals surface area contributed by atoms with E-state index in [0.29, 0.717) is 0 Å². The lowest BCUT2D eigenvalue weighted by atomic mass is 9.71. The van der Waals surface area contributed by atoms with E-state index in [4.69, 9.17) is 0 Å². The summed E-state index contributed by atoms with van der Waals surface area (Å²) in [6.07, 6.45) is 12.2. The van der Waals surface area contributed by atoms with Gasteiger partial charge >= 0.3 is 0 Å². The minimum absolute atomic E-state index is 0.341. The summed E-state index contributed by atoms with van der Waals surface area (Å²) in [6, 6.07) is 0. The van der Waals surface area contributed by atoms with Crippen LogP contribution in [0.4, 0.5) is 0 Å². The topological polar surface area (TPSA) is 20.2 Å². The van der Waals surface area contributed by atoms with Crippen LogP contribution in [-0.4, -0.2) is 10.7 Å². The average Bonchev–Trinajstić information content (AvgIpc) is 2.33. The fourth-order valence-electron chi connectivity index (χ4n) is 4.00. The van der Waals surface area contributed by atoms with Crippen LogP contribution in [0.25, 0.3) is 0 Å². The van der Waals surface area contributed by atoms with Gasteiger partial charge in [-0.05, 0) is 43.4 Å². The monoisotopic (exact) mass is 268 g/mol. The Morgan fingerprint density at radius 3 is 2.58 bits per heavy atom. The molecule has 19 heavy (non-hydrogen) atoms. The second kappa shape index (κ2) is 8.29. The molecule has 0 radical (unpaired) electrons. The summed E-state index contributed by atoms with van der Waals surface area (Å²) in [5.41, 5.74) is -0.341. The van der Waals surface area contributed by atoms with Crippen LogP contribution in [-0.2, 0) is 0 Å². The van der Waals surface area contributed by atoms with E-state index in [9.17, 15) is 5.11 Å². The normalized spacial score (nSPS) is 29.7. The number of aliphatic hydroxyl groups is 1. The van der Waals surface area contributed by atoms with E-state index < -0.39 is 0 Å². The lowest BCUT2D eigenvalue weighted by Gasteiger charge is -2.39. The van der Waals surface area contributed by atoms with Gasteiger partial charge < -0.3 is 5.11 Å². The second-order valence-corrected chi connectivity index (χ2v) is 7.44. The first-order valence-corrected chi connectivity index (χ1v) is 8.71. The molecule has 0 aromatic carbocycles. The van der Waals surface area contributed by atoms with E-state index >= 15 is 0 Å². The van der Waals surface area contributed by atoms with Gasteiger partial charge in [0.1, 0.15) is 0 Å². The van der Waals surface area contributed by atoms with E-state index in [2.05, 4.69) is 27.7 Å². The number of unbranched alkanes of at least 4 members (excludes halogenated alkanes) is 1. The smallest absolute Gasteiger partial charge is 0.0653 e. The maximum Gasteiger partial charge on any atom is 0.0653 e. The zero-order valence-electron chi connectivity index (χ0n) is 13.8. The summed E-state index contributed by atoms with van der Waals surface area (Å²) < 4.78 is 0. The molecule has 0 bridgehead atoms. The molecule has 1 aliphatic rings. The van der Waals surface area contributed by atoms with Gasteiger partial charge in [-0.1, -0.05) is 66.2 Å². The molecule has 0 aliphatic heterocycles. The largest absolute Gasteiger partial charge is 0.390 e. The molecule has 3 unspecified atom stereocenters. The quantitative estimate of drug-likeness (QED) is 0.611. The molecule has 114 valence electrons. The van der Waals surface area contributed by atoms with Crippen molar-refractivity contribution in [2.45, 2.75) is 97.5 Å². The molecule has 1 fully saturated rings. The van der Waals surface area contributed by atoms with Crippen molar-refractivity contribution >= 4 is 0 Å². The molecule has 0 spiro atoms. The highest BCUT2D eigenvalue weighted by atomic mass is 16.3. The SMILES string of the molecule is CCCCC(CC)CC1(O)CCCC(CC(C)C)C1. The minimum atomic E-state index is -0.341. The minimum Gasteiger partial charge on any atom is -0.390 e. The summed E-state index contributed by atoms with van der Waals surface area (Å²) in [5.74, 6) is 2.28. The van der Waals surface area contributed by atoms with Crippen LogP contribution in [0, 0.1) is 17.8 Å². The Balaban J connectivity index is 2.48. The average molecular weight is 268 g/mol. The molecule has 1 N–H and O–H groups in total. The first-order valence-electron chi connectivity index (χ1n) is 8.71. The van der Waals surface area contributed by atoms with E-state index in [1.165, 1.54) is 44.9 Å². The number of hydrogen-bond donors (Lipinski definition) is 1. The van der Waals surface area contributed by atoms with Gasteiger partial charge in [0.15, 0.2) is 0 Å². The van der Waals surface area contributed by atoms with Crippen LogP contribution in [0.3, 0.4) is 0 Å². The van der Waals surface area contributed by atoms with Gasteiger partial charge in [-0.3, -0.25) is 0 Å². The molecular weight excluding hydrogens is 232 g/mol. The Labute approximate surface area is 121 Å². The lowest BCUT2D eigenvalue weighted by Crippen LogP contribution is -2.37. The van der Waals surface area contributed by atoms with Gasteiger partial charge in [-0.15, -0.1) is 0 Å². The molecule has 0 aromatic heterocycles. The zero-order valence-corrected chi connectivity index (χ0v) is 13.8. The van der Waals surface area contributed by atoms with Crippen LogP contribution in [0.1, 0.15) is 91.9 Å². The summed E-state index contributed by atoms with van der Waals surface area (Å²) in [6.45, 7) is 9.17. The van der Waals surface area contributed by atoms with Gasteiger partial charge in [0, 0.05) is 0 Å². The first-order chi connectivity index (χ1) is 8.99. The van der Waals surface area contributed by atoms with Crippen molar-refractivity contribution in [1.29, 1.82) is 0 Å². The molecule has 1 rings (SSSR count). The molecule has 0 saturated heterocycles. The van der Waals surface area contributed by atoms with Gasteiger partial charge in [0.25, 0.3) is 0 Å². The maximum atomic E-state index is 11.0. The number of hydrogen-bond acceptors (Lipinski definition) is 1. The summed E-state index contributed by atoms with van der Waals surface area (Å²) >= 11 is 0. The van der Waals surface area contributed by atoms with Crippen LogP contribution in [0.15, 0.2) is 0 Å². The molecule has 0 aromatic rings. The first kappa shape index (κ1) is 17.0. The fraction of sp³-hybridized carbons (Fsp3) is 1.00. The van der Waals surface area contributed by atoms with Crippen molar-refractivity contribution in [3.8, 4) is 0 Å². The molecular formula is C18H36O. The van der Waals surface area contributed by atoms with Crippen molar-refractivity contribution in [3.05, 3.63) is 0 Å². The lowest BCUT2D eigenvalue weighted by molar-refractivity contribution is -0.0397. The third-order valence-electron chi connectivity index (χ3n) is 4.94. The Kier molecular flexibility index (Phi) is 7.42. The highest BCUT2D eigenvalue weighted by molar-refractivity contribution is 4.88. The van der Waals surface area contributed by atoms with Crippen molar-refractivity contribution in [3.63, 3.8) is 0 Å². The zero-order chi connectivity index (χ0) is 14.3. The van der Waals surface area contributed by atoms with Crippen molar-refractivity contribution in [2.75, 3.05) is 0 Å². The van der Waals surface area contributed by atoms with E-state index in [-0.39, 0.29) is 5.60 Å². The van der Waals surface area contributed by atoms with Crippen molar-refractivity contribution in [1.82, 2.24) is 0 Å². The fourth-order valence-corrected chi connectivity index (χ4v) is 4.00. The third-order valence-corrected chi connectivity index (χ3v) is 4.94. The molecule has 0 amide bonds. The highest BCUT2D eigenvalue weighted by Crippen LogP contribution is 2.40. The Bertz CT molecular complexity index is 236. The third kappa shape index (κ3) is 6.29. The molecule has 3 atom stereocenters. The van der Waals surface area contributed by atoms with Gasteiger partial charge in [-0.25, -0.2) is 0 Å². The second-order valence-electron chi connectivity index (χ2n) is 7.44. The summed E-state index contributed by atoms with van der Waals surface area (Å²) in [5, 5.41) is 11.0. The van der Waals surface area contributed by atoms with Crippen LogP contribution < -0.4 is 0 Å². The molecule has 1 aliphatic carbocycles. The summed E-state index contributed by atoms with van der Waals surface area (Å²) in [7, 11) is 0. The predicted molar refractivity (Wildman–Crippen MR) is 84.3 cm³/mol. The van der Waals surface area contributed by atoms with Crippen molar-refractivity contribution < 1.29 is 5.11 Å². The molecule has 1 saturated carbocycles. The van der Waals surface area contributed by atoms with E-state index in [1.807, 2.05) is 0 Å². The van der Waals surface area contributed by atoms with Crippen molar-refractivity contribution in [2.24, 2.45) is 17.8 Å². The van der Waals surface area contributed by atoms with Gasteiger partial charge in [-0.2, -0.15) is 0 Å².